The Morgan fingerprint density at radius 3 is 2.62 bits per heavy atom. The predicted octanol–water partition coefficient (Wildman–Crippen LogP) is 3.18. The number of rotatable bonds is 9. The van der Waals surface area contributed by atoms with Crippen molar-refractivity contribution in [2.24, 2.45) is 0 Å². The maximum Gasteiger partial charge on any atom is 0.227 e. The number of nitrogens with zero attached hydrogens (tertiary/aromatic N) is 2. The van der Waals surface area contributed by atoms with Crippen molar-refractivity contribution in [2.45, 2.75) is 19.3 Å². The number of amides is 1. The van der Waals surface area contributed by atoms with E-state index in [1.54, 1.807) is 12.1 Å². The van der Waals surface area contributed by atoms with E-state index in [0.29, 0.717) is 36.7 Å². The standard InChI is InChI=1S/C22H20FN3O3/c1-2-15-28-19-9-3-16(4-10-19)13-14-24-20(27)11-12-21-25-22(26-29-21)17-5-7-18(23)8-6-17/h1,3-10H,11-15H2,(H,24,27). The second kappa shape index (κ2) is 10.0. The van der Waals surface area contributed by atoms with Gasteiger partial charge in [0.05, 0.1) is 0 Å². The summed E-state index contributed by atoms with van der Waals surface area (Å²) in [5.74, 6) is 3.44. The summed E-state index contributed by atoms with van der Waals surface area (Å²) in [6.07, 6.45) is 6.43. The zero-order chi connectivity index (χ0) is 20.5. The third kappa shape index (κ3) is 6.18. The van der Waals surface area contributed by atoms with Crippen LogP contribution in [-0.4, -0.2) is 29.2 Å². The molecular formula is C22H20FN3O3. The Kier molecular flexibility index (Phi) is 6.95. The van der Waals surface area contributed by atoms with Crippen LogP contribution in [0, 0.1) is 18.2 Å². The predicted molar refractivity (Wildman–Crippen MR) is 105 cm³/mol. The first-order valence-electron chi connectivity index (χ1n) is 9.14. The van der Waals surface area contributed by atoms with Gasteiger partial charge in [-0.3, -0.25) is 4.79 Å². The normalized spacial score (nSPS) is 10.3. The summed E-state index contributed by atoms with van der Waals surface area (Å²) in [4.78, 5) is 16.2. The molecule has 0 radical (unpaired) electrons. The summed E-state index contributed by atoms with van der Waals surface area (Å²) in [7, 11) is 0. The van der Waals surface area contributed by atoms with Crippen LogP contribution in [0.3, 0.4) is 0 Å². The van der Waals surface area contributed by atoms with E-state index in [0.717, 1.165) is 11.3 Å². The van der Waals surface area contributed by atoms with Crippen molar-refractivity contribution >= 4 is 5.91 Å². The van der Waals surface area contributed by atoms with E-state index >= 15 is 0 Å². The van der Waals surface area contributed by atoms with Gasteiger partial charge in [0.25, 0.3) is 0 Å². The molecule has 2 aromatic carbocycles. The Morgan fingerprint density at radius 2 is 1.90 bits per heavy atom. The minimum atomic E-state index is -0.331. The number of terminal acetylenes is 1. The highest BCUT2D eigenvalue weighted by Gasteiger charge is 2.10. The van der Waals surface area contributed by atoms with Crippen LogP contribution in [0.4, 0.5) is 4.39 Å². The van der Waals surface area contributed by atoms with Gasteiger partial charge in [-0.15, -0.1) is 6.42 Å². The molecule has 0 atom stereocenters. The van der Waals surface area contributed by atoms with E-state index in [2.05, 4.69) is 21.4 Å². The first kappa shape index (κ1) is 20.1. The average Bonchev–Trinajstić information content (AvgIpc) is 3.21. The van der Waals surface area contributed by atoms with Crippen LogP contribution in [0.15, 0.2) is 53.1 Å². The molecule has 0 aliphatic rings. The van der Waals surface area contributed by atoms with E-state index in [1.807, 2.05) is 24.3 Å². The van der Waals surface area contributed by atoms with Gasteiger partial charge in [0.2, 0.25) is 17.6 Å². The Hall–Kier alpha value is -3.66. The molecule has 148 valence electrons. The fourth-order valence-electron chi connectivity index (χ4n) is 2.61. The van der Waals surface area contributed by atoms with E-state index in [9.17, 15) is 9.18 Å². The molecule has 6 nitrogen and oxygen atoms in total. The lowest BCUT2D eigenvalue weighted by molar-refractivity contribution is -0.121. The van der Waals surface area contributed by atoms with Crippen LogP contribution in [0.1, 0.15) is 17.9 Å². The van der Waals surface area contributed by atoms with Gasteiger partial charge in [0, 0.05) is 24.9 Å². The molecule has 0 aliphatic carbocycles. The summed E-state index contributed by atoms with van der Waals surface area (Å²) in [6.45, 7) is 0.759. The molecule has 3 rings (SSSR count). The number of hydrogen-bond acceptors (Lipinski definition) is 5. The van der Waals surface area contributed by atoms with Crippen molar-refractivity contribution in [2.75, 3.05) is 13.2 Å². The third-order valence-corrected chi connectivity index (χ3v) is 4.12. The van der Waals surface area contributed by atoms with Crippen LogP contribution in [-0.2, 0) is 17.6 Å². The van der Waals surface area contributed by atoms with Gasteiger partial charge in [-0.25, -0.2) is 4.39 Å². The van der Waals surface area contributed by atoms with Crippen molar-refractivity contribution < 1.29 is 18.4 Å². The number of ether oxygens (including phenoxy) is 1. The first-order chi connectivity index (χ1) is 14.1. The minimum absolute atomic E-state index is 0.0968. The van der Waals surface area contributed by atoms with Gasteiger partial charge >= 0.3 is 0 Å². The number of nitrogens with one attached hydrogen (secondary N) is 1. The highest BCUT2D eigenvalue weighted by Crippen LogP contribution is 2.16. The number of carbonyl (C=O) groups excluding carboxylic acids is 1. The monoisotopic (exact) mass is 393 g/mol. The van der Waals surface area contributed by atoms with Gasteiger partial charge in [-0.05, 0) is 48.4 Å². The van der Waals surface area contributed by atoms with Gasteiger partial charge in [0.1, 0.15) is 18.2 Å². The molecule has 0 saturated carbocycles. The van der Waals surface area contributed by atoms with Crippen LogP contribution in [0.2, 0.25) is 0 Å². The molecule has 0 saturated heterocycles. The molecule has 0 spiro atoms. The number of aromatic nitrogens is 2. The minimum Gasteiger partial charge on any atom is -0.481 e. The maximum absolute atomic E-state index is 13.0. The average molecular weight is 393 g/mol. The maximum atomic E-state index is 13.0. The zero-order valence-electron chi connectivity index (χ0n) is 15.7. The highest BCUT2D eigenvalue weighted by atomic mass is 19.1. The molecule has 3 aromatic rings. The smallest absolute Gasteiger partial charge is 0.227 e. The SMILES string of the molecule is C#CCOc1ccc(CCNC(=O)CCc2nc(-c3ccc(F)cc3)no2)cc1. The lowest BCUT2D eigenvalue weighted by Crippen LogP contribution is -2.25. The van der Waals surface area contributed by atoms with Gasteiger partial charge < -0.3 is 14.6 Å². The molecule has 29 heavy (non-hydrogen) atoms. The summed E-state index contributed by atoms with van der Waals surface area (Å²) in [5, 5.41) is 6.73. The second-order valence-electron chi connectivity index (χ2n) is 6.26. The number of halogens is 1. The number of benzene rings is 2. The largest absolute Gasteiger partial charge is 0.481 e. The number of aryl methyl sites for hydroxylation is 1. The topological polar surface area (TPSA) is 77.2 Å². The van der Waals surface area contributed by atoms with E-state index in [4.69, 9.17) is 15.7 Å². The fraction of sp³-hybridized carbons (Fsp3) is 0.227. The molecule has 1 aromatic heterocycles. The van der Waals surface area contributed by atoms with Crippen molar-refractivity contribution in [1.29, 1.82) is 0 Å². The van der Waals surface area contributed by atoms with Gasteiger partial charge in [0.15, 0.2) is 0 Å². The second-order valence-corrected chi connectivity index (χ2v) is 6.26. The van der Waals surface area contributed by atoms with Gasteiger partial charge in [-0.1, -0.05) is 23.2 Å². The number of hydrogen-bond donors (Lipinski definition) is 1. The summed E-state index contributed by atoms with van der Waals surface area (Å²) < 4.78 is 23.4. The molecule has 1 heterocycles. The third-order valence-electron chi connectivity index (χ3n) is 4.12. The lowest BCUT2D eigenvalue weighted by atomic mass is 10.1. The molecule has 0 unspecified atom stereocenters. The summed E-state index contributed by atoms with van der Waals surface area (Å²) in [5.41, 5.74) is 1.74. The highest BCUT2D eigenvalue weighted by molar-refractivity contribution is 5.76. The Morgan fingerprint density at radius 1 is 1.14 bits per heavy atom. The lowest BCUT2D eigenvalue weighted by Gasteiger charge is -2.06. The van der Waals surface area contributed by atoms with E-state index < -0.39 is 0 Å². The molecular weight excluding hydrogens is 373 g/mol. The number of carbonyl (C=O) groups is 1. The van der Waals surface area contributed by atoms with Crippen molar-refractivity contribution in [1.82, 2.24) is 15.5 Å². The van der Waals surface area contributed by atoms with Crippen molar-refractivity contribution in [3.05, 3.63) is 65.8 Å². The summed E-state index contributed by atoms with van der Waals surface area (Å²) in [6, 6.07) is 13.4. The Balaban J connectivity index is 1.39. The van der Waals surface area contributed by atoms with Crippen LogP contribution < -0.4 is 10.1 Å². The van der Waals surface area contributed by atoms with Crippen molar-refractivity contribution in [3.63, 3.8) is 0 Å². The van der Waals surface area contributed by atoms with E-state index in [-0.39, 0.29) is 24.8 Å². The molecule has 1 N–H and O–H groups in total. The zero-order valence-corrected chi connectivity index (χ0v) is 15.7. The van der Waals surface area contributed by atoms with E-state index in [1.165, 1.54) is 12.1 Å². The molecule has 0 fully saturated rings. The molecule has 0 aliphatic heterocycles. The first-order valence-corrected chi connectivity index (χ1v) is 9.14. The summed E-state index contributed by atoms with van der Waals surface area (Å²) >= 11 is 0. The van der Waals surface area contributed by atoms with Crippen molar-refractivity contribution in [3.8, 4) is 29.5 Å². The van der Waals surface area contributed by atoms with Crippen LogP contribution in [0.5, 0.6) is 5.75 Å². The van der Waals surface area contributed by atoms with Crippen LogP contribution >= 0.6 is 0 Å². The van der Waals surface area contributed by atoms with Crippen LogP contribution in [0.25, 0.3) is 11.4 Å². The molecule has 1 amide bonds. The molecule has 7 heteroatoms. The quantitative estimate of drug-likeness (QED) is 0.565. The Bertz CT molecular complexity index is 976. The molecule has 0 bridgehead atoms. The fourth-order valence-corrected chi connectivity index (χ4v) is 2.61. The Labute approximate surface area is 168 Å². The van der Waals surface area contributed by atoms with Gasteiger partial charge in [-0.2, -0.15) is 4.98 Å².